The molecule has 102 valence electrons. The molecule has 0 aromatic carbocycles. The zero-order valence-electron chi connectivity index (χ0n) is 10.1. The molecule has 0 saturated carbocycles. The molecule has 1 aromatic rings. The third kappa shape index (κ3) is 3.32. The lowest BCUT2D eigenvalue weighted by Crippen LogP contribution is -2.38. The molecule has 1 N–H and O–H groups in total. The van der Waals surface area contributed by atoms with Crippen LogP contribution in [0.25, 0.3) is 0 Å². The van der Waals surface area contributed by atoms with Gasteiger partial charge in [0.15, 0.2) is 0 Å². The minimum Gasteiger partial charge on any atom is -0.342 e. The van der Waals surface area contributed by atoms with Gasteiger partial charge in [0.05, 0.1) is 6.54 Å². The van der Waals surface area contributed by atoms with Crippen LogP contribution in [-0.4, -0.2) is 38.9 Å². The van der Waals surface area contributed by atoms with Crippen molar-refractivity contribution < 1.29 is 13.2 Å². The van der Waals surface area contributed by atoms with Crippen LogP contribution in [0.15, 0.2) is 16.3 Å². The predicted octanol–water partition coefficient (Wildman–Crippen LogP) is 0.520. The van der Waals surface area contributed by atoms with Crippen LogP contribution in [0.4, 0.5) is 0 Å². The number of carbonyl (C=O) groups is 1. The van der Waals surface area contributed by atoms with Crippen LogP contribution in [0.2, 0.25) is 0 Å². The standard InChI is InChI=1S/C11H13N3O3S2/c12-7-9-3-4-11(18-9)19(16,17)13-8-10(15)14-5-1-2-6-14/h3-4,13H,1-2,5-6,8H2. The molecule has 1 aliphatic rings. The van der Waals surface area contributed by atoms with Gasteiger partial charge in [0.1, 0.15) is 15.2 Å². The lowest BCUT2D eigenvalue weighted by Gasteiger charge is -2.15. The van der Waals surface area contributed by atoms with E-state index in [9.17, 15) is 13.2 Å². The third-order valence-electron chi connectivity index (χ3n) is 2.83. The van der Waals surface area contributed by atoms with Crippen molar-refractivity contribution in [1.82, 2.24) is 9.62 Å². The number of thiophene rings is 1. The molecule has 19 heavy (non-hydrogen) atoms. The van der Waals surface area contributed by atoms with Gasteiger partial charge in [0.2, 0.25) is 5.91 Å². The van der Waals surface area contributed by atoms with E-state index >= 15 is 0 Å². The Bertz CT molecular complexity index is 609. The van der Waals surface area contributed by atoms with E-state index in [0.29, 0.717) is 18.0 Å². The van der Waals surface area contributed by atoms with E-state index in [4.69, 9.17) is 5.26 Å². The summed E-state index contributed by atoms with van der Waals surface area (Å²) in [6, 6.07) is 4.69. The Kier molecular flexibility index (Phi) is 4.19. The number of rotatable bonds is 4. The molecule has 1 amide bonds. The maximum Gasteiger partial charge on any atom is 0.250 e. The van der Waals surface area contributed by atoms with Gasteiger partial charge in [-0.25, -0.2) is 13.1 Å². The Balaban J connectivity index is 1.97. The zero-order valence-corrected chi connectivity index (χ0v) is 11.8. The molecule has 0 radical (unpaired) electrons. The topological polar surface area (TPSA) is 90.3 Å². The molecule has 1 aromatic heterocycles. The van der Waals surface area contributed by atoms with E-state index in [1.807, 2.05) is 6.07 Å². The van der Waals surface area contributed by atoms with E-state index in [-0.39, 0.29) is 16.7 Å². The number of sulfonamides is 1. The molecular formula is C11H13N3O3S2. The number of nitrogens with zero attached hydrogens (tertiary/aromatic N) is 2. The second-order valence-electron chi connectivity index (χ2n) is 4.14. The molecule has 0 atom stereocenters. The highest BCUT2D eigenvalue weighted by atomic mass is 32.2. The average molecular weight is 299 g/mol. The van der Waals surface area contributed by atoms with Gasteiger partial charge < -0.3 is 4.90 Å². The Morgan fingerprint density at radius 2 is 2.11 bits per heavy atom. The summed E-state index contributed by atoms with van der Waals surface area (Å²) in [7, 11) is -3.70. The monoisotopic (exact) mass is 299 g/mol. The van der Waals surface area contributed by atoms with Crippen LogP contribution < -0.4 is 4.72 Å². The minimum atomic E-state index is -3.70. The molecule has 8 heteroatoms. The number of nitrogens with one attached hydrogen (secondary N) is 1. The molecule has 0 spiro atoms. The van der Waals surface area contributed by atoms with Crippen LogP contribution in [-0.2, 0) is 14.8 Å². The Morgan fingerprint density at radius 1 is 1.42 bits per heavy atom. The first kappa shape index (κ1) is 14.0. The Hall–Kier alpha value is -1.43. The van der Waals surface area contributed by atoms with Gasteiger partial charge >= 0.3 is 0 Å². The van der Waals surface area contributed by atoms with Crippen molar-refractivity contribution in [1.29, 1.82) is 5.26 Å². The van der Waals surface area contributed by atoms with E-state index in [1.54, 1.807) is 4.90 Å². The number of hydrogen-bond acceptors (Lipinski definition) is 5. The summed E-state index contributed by atoms with van der Waals surface area (Å²) in [5.74, 6) is -0.210. The van der Waals surface area contributed by atoms with E-state index in [1.165, 1.54) is 12.1 Å². The first-order valence-corrected chi connectivity index (χ1v) is 8.10. The van der Waals surface area contributed by atoms with Gasteiger partial charge in [-0.3, -0.25) is 4.79 Å². The lowest BCUT2D eigenvalue weighted by atomic mass is 10.4. The average Bonchev–Trinajstić information content (AvgIpc) is 3.06. The summed E-state index contributed by atoms with van der Waals surface area (Å²) in [5, 5.41) is 8.66. The van der Waals surface area contributed by atoms with Crippen molar-refractivity contribution >= 4 is 27.3 Å². The van der Waals surface area contributed by atoms with Crippen molar-refractivity contribution in [3.05, 3.63) is 17.0 Å². The number of hydrogen-bond donors (Lipinski definition) is 1. The molecule has 2 heterocycles. The molecule has 1 aliphatic heterocycles. The normalized spacial score (nSPS) is 15.4. The van der Waals surface area contributed by atoms with Crippen LogP contribution in [0, 0.1) is 11.3 Å². The number of nitriles is 1. The highest BCUT2D eigenvalue weighted by molar-refractivity contribution is 7.91. The second-order valence-corrected chi connectivity index (χ2v) is 7.22. The summed E-state index contributed by atoms with van der Waals surface area (Å²) < 4.78 is 26.1. The molecule has 0 bridgehead atoms. The summed E-state index contributed by atoms with van der Waals surface area (Å²) >= 11 is 0.887. The largest absolute Gasteiger partial charge is 0.342 e. The maximum atomic E-state index is 11.9. The van der Waals surface area contributed by atoms with Gasteiger partial charge in [-0.05, 0) is 25.0 Å². The Labute approximate surface area is 115 Å². The SMILES string of the molecule is N#Cc1ccc(S(=O)(=O)NCC(=O)N2CCCC2)s1. The molecule has 2 rings (SSSR count). The molecule has 0 aliphatic carbocycles. The fourth-order valence-electron chi connectivity index (χ4n) is 1.83. The van der Waals surface area contributed by atoms with Crippen LogP contribution in [0.1, 0.15) is 17.7 Å². The van der Waals surface area contributed by atoms with Gasteiger partial charge in [-0.1, -0.05) is 0 Å². The first-order valence-electron chi connectivity index (χ1n) is 5.80. The predicted molar refractivity (Wildman–Crippen MR) is 70.0 cm³/mol. The molecule has 0 unspecified atom stereocenters. The van der Waals surface area contributed by atoms with Crippen molar-refractivity contribution in [3.8, 4) is 6.07 Å². The van der Waals surface area contributed by atoms with Crippen molar-refractivity contribution in [2.75, 3.05) is 19.6 Å². The third-order valence-corrected chi connectivity index (χ3v) is 5.71. The summed E-state index contributed by atoms with van der Waals surface area (Å²) in [4.78, 5) is 13.7. The van der Waals surface area contributed by atoms with Crippen molar-refractivity contribution in [2.24, 2.45) is 0 Å². The quantitative estimate of drug-likeness (QED) is 0.877. The molecule has 1 fully saturated rings. The van der Waals surface area contributed by atoms with Crippen LogP contribution >= 0.6 is 11.3 Å². The number of carbonyl (C=O) groups excluding carboxylic acids is 1. The molecule has 1 saturated heterocycles. The van der Waals surface area contributed by atoms with Gasteiger partial charge in [-0.15, -0.1) is 11.3 Å². The summed E-state index contributed by atoms with van der Waals surface area (Å²) in [5.41, 5.74) is 0. The maximum absolute atomic E-state index is 11.9. The van der Waals surface area contributed by atoms with Crippen molar-refractivity contribution in [3.63, 3.8) is 0 Å². The second kappa shape index (κ2) is 5.69. The lowest BCUT2D eigenvalue weighted by molar-refractivity contribution is -0.128. The number of amides is 1. The van der Waals surface area contributed by atoms with Crippen molar-refractivity contribution in [2.45, 2.75) is 17.1 Å². The van der Waals surface area contributed by atoms with Crippen LogP contribution in [0.5, 0.6) is 0 Å². The van der Waals surface area contributed by atoms with E-state index < -0.39 is 10.0 Å². The number of likely N-dealkylation sites (tertiary alicyclic amines) is 1. The highest BCUT2D eigenvalue weighted by Crippen LogP contribution is 2.20. The molecular weight excluding hydrogens is 286 g/mol. The minimum absolute atomic E-state index is 0.0540. The fraction of sp³-hybridized carbons (Fsp3) is 0.455. The summed E-state index contributed by atoms with van der Waals surface area (Å²) in [6.45, 7) is 1.15. The van der Waals surface area contributed by atoms with E-state index in [0.717, 1.165) is 24.2 Å². The van der Waals surface area contributed by atoms with Crippen LogP contribution in [0.3, 0.4) is 0 Å². The molecule has 6 nitrogen and oxygen atoms in total. The van der Waals surface area contributed by atoms with E-state index in [2.05, 4.69) is 4.72 Å². The smallest absolute Gasteiger partial charge is 0.250 e. The summed E-state index contributed by atoms with van der Waals surface area (Å²) in [6.07, 6.45) is 1.93. The van der Waals surface area contributed by atoms with Gasteiger partial charge in [-0.2, -0.15) is 5.26 Å². The fourth-order valence-corrected chi connectivity index (χ4v) is 3.95. The zero-order chi connectivity index (χ0) is 13.9. The highest BCUT2D eigenvalue weighted by Gasteiger charge is 2.22. The van der Waals surface area contributed by atoms with Gasteiger partial charge in [0, 0.05) is 13.1 Å². The first-order chi connectivity index (χ1) is 9.03. The van der Waals surface area contributed by atoms with Gasteiger partial charge in [0.25, 0.3) is 10.0 Å². The Morgan fingerprint density at radius 3 is 2.68 bits per heavy atom.